The highest BCUT2D eigenvalue weighted by atomic mass is 16.4. The van der Waals surface area contributed by atoms with Crippen LogP contribution in [0.3, 0.4) is 0 Å². The van der Waals surface area contributed by atoms with Gasteiger partial charge in [0.15, 0.2) is 0 Å². The molecule has 5 heteroatoms. The maximum atomic E-state index is 12.3. The first-order valence-corrected chi connectivity index (χ1v) is 7.37. The molecule has 1 unspecified atom stereocenters. The Balaban J connectivity index is 1.90. The van der Waals surface area contributed by atoms with Gasteiger partial charge in [-0.3, -0.25) is 14.5 Å². The molecule has 108 valence electrons. The maximum absolute atomic E-state index is 12.3. The van der Waals surface area contributed by atoms with Crippen molar-refractivity contribution < 1.29 is 14.7 Å². The Kier molecular flexibility index (Phi) is 4.80. The van der Waals surface area contributed by atoms with Crippen LogP contribution in [-0.4, -0.2) is 58.5 Å². The largest absolute Gasteiger partial charge is 0.481 e. The minimum Gasteiger partial charge on any atom is -0.481 e. The summed E-state index contributed by atoms with van der Waals surface area (Å²) >= 11 is 0. The number of piperidine rings is 1. The summed E-state index contributed by atoms with van der Waals surface area (Å²) in [5.74, 6) is -0.596. The van der Waals surface area contributed by atoms with E-state index >= 15 is 0 Å². The molecule has 0 spiro atoms. The van der Waals surface area contributed by atoms with Crippen LogP contribution >= 0.6 is 0 Å². The van der Waals surface area contributed by atoms with Gasteiger partial charge in [-0.15, -0.1) is 0 Å². The molecule has 1 aliphatic heterocycles. The van der Waals surface area contributed by atoms with Crippen molar-refractivity contribution in [3.63, 3.8) is 0 Å². The minimum atomic E-state index is -0.765. The lowest BCUT2D eigenvalue weighted by molar-refractivity contribution is -0.141. The van der Waals surface area contributed by atoms with Crippen LogP contribution in [0, 0.1) is 0 Å². The first-order chi connectivity index (χ1) is 9.11. The number of aliphatic carboxylic acids is 1. The predicted molar refractivity (Wildman–Crippen MR) is 71.9 cm³/mol. The van der Waals surface area contributed by atoms with Crippen molar-refractivity contribution in [2.45, 2.75) is 57.5 Å². The van der Waals surface area contributed by atoms with Gasteiger partial charge in [0.1, 0.15) is 0 Å². The number of hydrogen-bond acceptors (Lipinski definition) is 3. The number of hydrogen-bond donors (Lipinski definition) is 1. The van der Waals surface area contributed by atoms with Crippen molar-refractivity contribution >= 4 is 11.9 Å². The van der Waals surface area contributed by atoms with Gasteiger partial charge in [-0.1, -0.05) is 6.42 Å². The van der Waals surface area contributed by atoms with Gasteiger partial charge in [-0.05, 0) is 39.2 Å². The van der Waals surface area contributed by atoms with Gasteiger partial charge in [-0.2, -0.15) is 0 Å². The Hall–Kier alpha value is -1.10. The van der Waals surface area contributed by atoms with Crippen LogP contribution < -0.4 is 0 Å². The summed E-state index contributed by atoms with van der Waals surface area (Å²) in [5.41, 5.74) is 0. The SMILES string of the molecule is CCN(C(=O)CN1CCCCC1CC(=O)O)C1CC1. The van der Waals surface area contributed by atoms with Crippen LogP contribution in [0.15, 0.2) is 0 Å². The van der Waals surface area contributed by atoms with Gasteiger partial charge in [0.25, 0.3) is 0 Å². The molecule has 2 aliphatic rings. The molecule has 1 amide bonds. The van der Waals surface area contributed by atoms with E-state index in [1.54, 1.807) is 0 Å². The smallest absolute Gasteiger partial charge is 0.304 e. The number of carbonyl (C=O) groups excluding carboxylic acids is 1. The van der Waals surface area contributed by atoms with Crippen molar-refractivity contribution in [1.82, 2.24) is 9.80 Å². The number of carboxylic acids is 1. The van der Waals surface area contributed by atoms with Crippen LogP contribution in [-0.2, 0) is 9.59 Å². The van der Waals surface area contributed by atoms with E-state index in [-0.39, 0.29) is 18.4 Å². The number of rotatable bonds is 6. The molecule has 1 N–H and O–H groups in total. The Morgan fingerprint density at radius 1 is 1.26 bits per heavy atom. The molecule has 0 aromatic carbocycles. The monoisotopic (exact) mass is 268 g/mol. The fourth-order valence-corrected chi connectivity index (χ4v) is 2.99. The summed E-state index contributed by atoms with van der Waals surface area (Å²) in [5, 5.41) is 8.95. The van der Waals surface area contributed by atoms with Crippen LogP contribution in [0.25, 0.3) is 0 Å². The summed E-state index contributed by atoms with van der Waals surface area (Å²) in [4.78, 5) is 27.2. The molecule has 2 rings (SSSR count). The molecule has 0 radical (unpaired) electrons. The number of amides is 1. The van der Waals surface area contributed by atoms with Gasteiger partial charge in [0.2, 0.25) is 5.91 Å². The van der Waals surface area contributed by atoms with E-state index in [1.165, 1.54) is 0 Å². The lowest BCUT2D eigenvalue weighted by Gasteiger charge is -2.35. The van der Waals surface area contributed by atoms with Gasteiger partial charge >= 0.3 is 5.97 Å². The van der Waals surface area contributed by atoms with E-state index < -0.39 is 5.97 Å². The molecule has 0 bridgehead atoms. The molecule has 1 aliphatic carbocycles. The zero-order valence-corrected chi connectivity index (χ0v) is 11.7. The summed E-state index contributed by atoms with van der Waals surface area (Å²) in [6.45, 7) is 4.02. The van der Waals surface area contributed by atoms with E-state index in [9.17, 15) is 9.59 Å². The van der Waals surface area contributed by atoms with Crippen molar-refractivity contribution in [1.29, 1.82) is 0 Å². The third-order valence-electron chi connectivity index (χ3n) is 4.15. The second-order valence-corrected chi connectivity index (χ2v) is 5.63. The maximum Gasteiger partial charge on any atom is 0.304 e. The first kappa shape index (κ1) is 14.3. The minimum absolute atomic E-state index is 0.0353. The third kappa shape index (κ3) is 3.93. The molecule has 1 saturated heterocycles. The van der Waals surface area contributed by atoms with Gasteiger partial charge < -0.3 is 10.0 Å². The molecule has 5 nitrogen and oxygen atoms in total. The van der Waals surface area contributed by atoms with Crippen molar-refractivity contribution in [2.75, 3.05) is 19.6 Å². The topological polar surface area (TPSA) is 60.9 Å². The molecular weight excluding hydrogens is 244 g/mol. The molecule has 19 heavy (non-hydrogen) atoms. The van der Waals surface area contributed by atoms with Crippen molar-refractivity contribution in [3.05, 3.63) is 0 Å². The fraction of sp³-hybridized carbons (Fsp3) is 0.857. The molecule has 0 aromatic rings. The summed E-state index contributed by atoms with van der Waals surface area (Å²) in [6, 6.07) is 0.480. The second-order valence-electron chi connectivity index (χ2n) is 5.63. The lowest BCUT2D eigenvalue weighted by atomic mass is 9.99. The van der Waals surface area contributed by atoms with E-state index in [1.807, 2.05) is 11.8 Å². The summed E-state index contributed by atoms with van der Waals surface area (Å²) in [6.07, 6.45) is 5.44. The summed E-state index contributed by atoms with van der Waals surface area (Å²) in [7, 11) is 0. The summed E-state index contributed by atoms with van der Waals surface area (Å²) < 4.78 is 0. The van der Waals surface area contributed by atoms with Crippen LogP contribution in [0.1, 0.15) is 45.4 Å². The van der Waals surface area contributed by atoms with Crippen molar-refractivity contribution in [2.24, 2.45) is 0 Å². The predicted octanol–water partition coefficient (Wildman–Crippen LogP) is 1.33. The zero-order valence-electron chi connectivity index (χ0n) is 11.7. The van der Waals surface area contributed by atoms with E-state index in [0.717, 1.165) is 45.2 Å². The highest BCUT2D eigenvalue weighted by Crippen LogP contribution is 2.27. The van der Waals surface area contributed by atoms with Gasteiger partial charge in [-0.25, -0.2) is 0 Å². The molecule has 1 atom stereocenters. The first-order valence-electron chi connectivity index (χ1n) is 7.37. The van der Waals surface area contributed by atoms with Crippen LogP contribution in [0.4, 0.5) is 0 Å². The zero-order chi connectivity index (χ0) is 13.8. The number of carbonyl (C=O) groups is 2. The molecule has 1 heterocycles. The van der Waals surface area contributed by atoms with Gasteiger partial charge in [0, 0.05) is 18.6 Å². The Bertz CT molecular complexity index is 342. The van der Waals surface area contributed by atoms with Gasteiger partial charge in [0.05, 0.1) is 13.0 Å². The average Bonchev–Trinajstić information content (AvgIpc) is 3.16. The van der Waals surface area contributed by atoms with E-state index in [4.69, 9.17) is 5.11 Å². The normalized spacial score (nSPS) is 24.2. The molecular formula is C14H24N2O3. The Morgan fingerprint density at radius 3 is 2.58 bits per heavy atom. The average molecular weight is 268 g/mol. The highest BCUT2D eigenvalue weighted by Gasteiger charge is 2.33. The number of nitrogens with zero attached hydrogens (tertiary/aromatic N) is 2. The number of likely N-dealkylation sites (tertiary alicyclic amines) is 1. The van der Waals surface area contributed by atoms with E-state index in [2.05, 4.69) is 4.90 Å². The van der Waals surface area contributed by atoms with E-state index in [0.29, 0.717) is 12.6 Å². The van der Waals surface area contributed by atoms with Crippen molar-refractivity contribution in [3.8, 4) is 0 Å². The standard InChI is InChI=1S/C14H24N2O3/c1-2-16(11-6-7-11)13(17)10-15-8-4-3-5-12(15)9-14(18)19/h11-12H,2-10H2,1H3,(H,18,19). The molecule has 2 fully saturated rings. The van der Waals surface area contributed by atoms with Crippen LogP contribution in [0.2, 0.25) is 0 Å². The quantitative estimate of drug-likeness (QED) is 0.789. The second kappa shape index (κ2) is 6.37. The molecule has 1 saturated carbocycles. The number of carboxylic acid groups (broad SMARTS) is 1. The van der Waals surface area contributed by atoms with Crippen LogP contribution in [0.5, 0.6) is 0 Å². The third-order valence-corrected chi connectivity index (χ3v) is 4.15. The molecule has 0 aromatic heterocycles. The Labute approximate surface area is 114 Å². The highest BCUT2D eigenvalue weighted by molar-refractivity contribution is 5.79. The lowest BCUT2D eigenvalue weighted by Crippen LogP contribution is -2.48. The number of likely N-dealkylation sites (N-methyl/N-ethyl adjacent to an activating group) is 1. The fourth-order valence-electron chi connectivity index (χ4n) is 2.99. The Morgan fingerprint density at radius 2 is 2.00 bits per heavy atom.